The lowest BCUT2D eigenvalue weighted by atomic mass is 9.97. The lowest BCUT2D eigenvalue weighted by Gasteiger charge is -2.14. The van der Waals surface area contributed by atoms with Crippen LogP contribution in [0.4, 0.5) is 0 Å². The molecule has 1 atom stereocenters. The number of benzene rings is 1. The van der Waals surface area contributed by atoms with Crippen LogP contribution >= 0.6 is 0 Å². The highest BCUT2D eigenvalue weighted by Gasteiger charge is 2.22. The number of nitriles is 1. The van der Waals surface area contributed by atoms with Crippen LogP contribution in [0.3, 0.4) is 0 Å². The van der Waals surface area contributed by atoms with Crippen molar-refractivity contribution in [1.29, 1.82) is 5.26 Å². The molecule has 0 aromatic heterocycles. The van der Waals surface area contributed by atoms with Crippen LogP contribution in [0.15, 0.2) is 24.3 Å². The summed E-state index contributed by atoms with van der Waals surface area (Å²) in [6.07, 6.45) is 2.46. The zero-order chi connectivity index (χ0) is 11.4. The molecular weight excluding hydrogens is 196 g/mol. The summed E-state index contributed by atoms with van der Waals surface area (Å²) in [5.41, 5.74) is 2.11. The summed E-state index contributed by atoms with van der Waals surface area (Å²) in [5, 5.41) is 8.88. The van der Waals surface area contributed by atoms with Gasteiger partial charge in [0.1, 0.15) is 0 Å². The third-order valence-corrected chi connectivity index (χ3v) is 3.30. The van der Waals surface area contributed by atoms with Gasteiger partial charge in [0, 0.05) is 6.54 Å². The molecule has 1 fully saturated rings. The Hall–Kier alpha value is -1.33. The maximum atomic E-state index is 8.88. The number of hydrogen-bond donors (Lipinski definition) is 0. The molecule has 0 aliphatic carbocycles. The van der Waals surface area contributed by atoms with Gasteiger partial charge in [-0.25, -0.2) is 0 Å². The van der Waals surface area contributed by atoms with Gasteiger partial charge in [0.25, 0.3) is 0 Å². The Kier molecular flexibility index (Phi) is 3.58. The zero-order valence-corrected chi connectivity index (χ0v) is 9.82. The summed E-state index contributed by atoms with van der Waals surface area (Å²) < 4.78 is 0. The third-order valence-electron chi connectivity index (χ3n) is 3.30. The predicted molar refractivity (Wildman–Crippen MR) is 65.2 cm³/mol. The molecule has 1 saturated heterocycles. The molecule has 16 heavy (non-hydrogen) atoms. The van der Waals surface area contributed by atoms with Crippen molar-refractivity contribution >= 4 is 0 Å². The third kappa shape index (κ3) is 2.43. The van der Waals surface area contributed by atoms with Gasteiger partial charge in [-0.05, 0) is 49.5 Å². The van der Waals surface area contributed by atoms with Crippen molar-refractivity contribution in [2.75, 3.05) is 19.6 Å². The molecule has 1 aliphatic heterocycles. The second-order valence-electron chi connectivity index (χ2n) is 4.52. The van der Waals surface area contributed by atoms with Crippen molar-refractivity contribution in [2.24, 2.45) is 0 Å². The SMILES string of the molecule is CCCN1CCC(c2cccc(C#N)c2)C1. The van der Waals surface area contributed by atoms with E-state index in [4.69, 9.17) is 5.26 Å². The molecule has 2 heteroatoms. The van der Waals surface area contributed by atoms with E-state index in [2.05, 4.69) is 24.0 Å². The van der Waals surface area contributed by atoms with Crippen LogP contribution in [0.1, 0.15) is 36.8 Å². The van der Waals surface area contributed by atoms with Crippen LogP contribution in [-0.2, 0) is 0 Å². The molecule has 1 unspecified atom stereocenters. The molecular formula is C14H18N2. The van der Waals surface area contributed by atoms with Crippen molar-refractivity contribution in [3.63, 3.8) is 0 Å². The first-order valence-corrected chi connectivity index (χ1v) is 6.06. The van der Waals surface area contributed by atoms with Gasteiger partial charge < -0.3 is 4.90 Å². The highest BCUT2D eigenvalue weighted by Crippen LogP contribution is 2.27. The highest BCUT2D eigenvalue weighted by molar-refractivity contribution is 5.34. The van der Waals surface area contributed by atoms with Crippen LogP contribution in [0.25, 0.3) is 0 Å². The maximum absolute atomic E-state index is 8.88. The Morgan fingerprint density at radius 2 is 2.38 bits per heavy atom. The largest absolute Gasteiger partial charge is 0.303 e. The molecule has 0 radical (unpaired) electrons. The summed E-state index contributed by atoms with van der Waals surface area (Å²) in [6, 6.07) is 10.3. The van der Waals surface area contributed by atoms with Gasteiger partial charge in [-0.15, -0.1) is 0 Å². The van der Waals surface area contributed by atoms with E-state index in [1.165, 1.54) is 31.5 Å². The predicted octanol–water partition coefficient (Wildman–Crippen LogP) is 2.76. The van der Waals surface area contributed by atoms with E-state index >= 15 is 0 Å². The molecule has 0 N–H and O–H groups in total. The molecule has 1 aliphatic rings. The van der Waals surface area contributed by atoms with Crippen LogP contribution in [0.2, 0.25) is 0 Å². The first-order chi connectivity index (χ1) is 7.83. The summed E-state index contributed by atoms with van der Waals surface area (Å²) in [5.74, 6) is 0.625. The van der Waals surface area contributed by atoms with Crippen LogP contribution in [0, 0.1) is 11.3 Å². The van der Waals surface area contributed by atoms with Crippen molar-refractivity contribution in [3.05, 3.63) is 35.4 Å². The summed E-state index contributed by atoms with van der Waals surface area (Å²) in [6.45, 7) is 5.79. The standard InChI is InChI=1S/C14H18N2/c1-2-7-16-8-6-14(11-16)13-5-3-4-12(9-13)10-15/h3-5,9,14H,2,6-8,11H2,1H3. The van der Waals surface area contributed by atoms with Crippen LogP contribution < -0.4 is 0 Å². The molecule has 2 nitrogen and oxygen atoms in total. The van der Waals surface area contributed by atoms with Crippen molar-refractivity contribution in [3.8, 4) is 6.07 Å². The Bertz CT molecular complexity index is 392. The number of likely N-dealkylation sites (tertiary alicyclic amines) is 1. The topological polar surface area (TPSA) is 27.0 Å². The second kappa shape index (κ2) is 5.14. The van der Waals surface area contributed by atoms with Gasteiger partial charge >= 0.3 is 0 Å². The van der Waals surface area contributed by atoms with Crippen molar-refractivity contribution in [2.45, 2.75) is 25.7 Å². The van der Waals surface area contributed by atoms with E-state index in [0.717, 1.165) is 12.1 Å². The normalized spacial score (nSPS) is 20.9. The van der Waals surface area contributed by atoms with E-state index in [1.54, 1.807) is 0 Å². The number of hydrogen-bond acceptors (Lipinski definition) is 2. The Morgan fingerprint density at radius 3 is 3.12 bits per heavy atom. The molecule has 0 amide bonds. The molecule has 0 saturated carbocycles. The Labute approximate surface area is 97.5 Å². The highest BCUT2D eigenvalue weighted by atomic mass is 15.1. The lowest BCUT2D eigenvalue weighted by molar-refractivity contribution is 0.335. The van der Waals surface area contributed by atoms with Crippen molar-refractivity contribution < 1.29 is 0 Å². The van der Waals surface area contributed by atoms with Gasteiger partial charge in [0.2, 0.25) is 0 Å². The lowest BCUT2D eigenvalue weighted by Crippen LogP contribution is -2.20. The maximum Gasteiger partial charge on any atom is 0.0991 e. The minimum Gasteiger partial charge on any atom is -0.303 e. The first kappa shape index (κ1) is 11.2. The van der Waals surface area contributed by atoms with E-state index in [9.17, 15) is 0 Å². The zero-order valence-electron chi connectivity index (χ0n) is 9.82. The molecule has 0 bridgehead atoms. The number of rotatable bonds is 3. The molecule has 1 aromatic carbocycles. The fraction of sp³-hybridized carbons (Fsp3) is 0.500. The van der Waals surface area contributed by atoms with E-state index < -0.39 is 0 Å². The van der Waals surface area contributed by atoms with Crippen LogP contribution in [-0.4, -0.2) is 24.5 Å². The van der Waals surface area contributed by atoms with E-state index in [0.29, 0.717) is 5.92 Å². The average molecular weight is 214 g/mol. The summed E-state index contributed by atoms with van der Waals surface area (Å²) in [4.78, 5) is 2.52. The van der Waals surface area contributed by atoms with Gasteiger partial charge in [0.05, 0.1) is 11.6 Å². The molecule has 0 spiro atoms. The quantitative estimate of drug-likeness (QED) is 0.773. The second-order valence-corrected chi connectivity index (χ2v) is 4.52. The smallest absolute Gasteiger partial charge is 0.0991 e. The fourth-order valence-corrected chi connectivity index (χ4v) is 2.49. The minimum atomic E-state index is 0.625. The average Bonchev–Trinajstić information content (AvgIpc) is 2.78. The van der Waals surface area contributed by atoms with Crippen LogP contribution in [0.5, 0.6) is 0 Å². The molecule has 1 aromatic rings. The van der Waals surface area contributed by atoms with Crippen molar-refractivity contribution in [1.82, 2.24) is 4.90 Å². The van der Waals surface area contributed by atoms with Gasteiger partial charge in [-0.2, -0.15) is 5.26 Å². The molecule has 2 rings (SSSR count). The number of nitrogens with zero attached hydrogens (tertiary/aromatic N) is 2. The fourth-order valence-electron chi connectivity index (χ4n) is 2.49. The molecule has 1 heterocycles. The summed E-state index contributed by atoms with van der Waals surface area (Å²) >= 11 is 0. The van der Waals surface area contributed by atoms with E-state index in [-0.39, 0.29) is 0 Å². The van der Waals surface area contributed by atoms with E-state index in [1.807, 2.05) is 18.2 Å². The first-order valence-electron chi connectivity index (χ1n) is 6.06. The monoisotopic (exact) mass is 214 g/mol. The minimum absolute atomic E-state index is 0.625. The summed E-state index contributed by atoms with van der Waals surface area (Å²) in [7, 11) is 0. The van der Waals surface area contributed by atoms with Gasteiger partial charge in [-0.1, -0.05) is 19.1 Å². The van der Waals surface area contributed by atoms with Gasteiger partial charge in [0.15, 0.2) is 0 Å². The van der Waals surface area contributed by atoms with Gasteiger partial charge in [-0.3, -0.25) is 0 Å². The molecule has 84 valence electrons. The Morgan fingerprint density at radius 1 is 1.50 bits per heavy atom. The Balaban J connectivity index is 2.06.